The summed E-state index contributed by atoms with van der Waals surface area (Å²) < 4.78 is 37.6. The third-order valence-electron chi connectivity index (χ3n) is 4.94. The van der Waals surface area contributed by atoms with E-state index < -0.39 is 26.7 Å². The van der Waals surface area contributed by atoms with Crippen LogP contribution in [0.15, 0.2) is 36.5 Å². The van der Waals surface area contributed by atoms with Gasteiger partial charge in [0.25, 0.3) is 5.91 Å². The van der Waals surface area contributed by atoms with Crippen molar-refractivity contribution in [2.75, 3.05) is 25.9 Å². The predicted octanol–water partition coefficient (Wildman–Crippen LogP) is 1.59. The van der Waals surface area contributed by atoms with Gasteiger partial charge in [-0.1, -0.05) is 12.1 Å². The topological polar surface area (TPSA) is 99.3 Å². The van der Waals surface area contributed by atoms with E-state index in [1.165, 1.54) is 19.2 Å². The molecule has 7 nitrogen and oxygen atoms in total. The summed E-state index contributed by atoms with van der Waals surface area (Å²) in [6.45, 7) is 0.614. The van der Waals surface area contributed by atoms with E-state index in [1.54, 1.807) is 29.3 Å². The zero-order chi connectivity index (χ0) is 20.3. The number of piperidine rings is 1. The molecule has 2 amide bonds. The largest absolute Gasteiger partial charge is 0.358 e. The molecule has 1 aliphatic rings. The number of benzene rings is 1. The average Bonchev–Trinajstić information content (AvgIpc) is 3.18. The van der Waals surface area contributed by atoms with Gasteiger partial charge in [-0.15, -0.1) is 0 Å². The van der Waals surface area contributed by atoms with Crippen LogP contribution < -0.4 is 5.32 Å². The summed E-state index contributed by atoms with van der Waals surface area (Å²) in [5.74, 6) is -1.60. The van der Waals surface area contributed by atoms with E-state index >= 15 is 0 Å². The summed E-state index contributed by atoms with van der Waals surface area (Å²) in [7, 11) is -2.13. The molecule has 1 aromatic carbocycles. The highest BCUT2D eigenvalue weighted by Crippen LogP contribution is 2.23. The molecule has 2 heterocycles. The van der Waals surface area contributed by atoms with E-state index in [4.69, 9.17) is 0 Å². The summed E-state index contributed by atoms with van der Waals surface area (Å²) >= 11 is 0. The first-order valence-electron chi connectivity index (χ1n) is 8.96. The molecule has 0 aliphatic carbocycles. The smallest absolute Gasteiger partial charge is 0.270 e. The van der Waals surface area contributed by atoms with Gasteiger partial charge in [0.1, 0.15) is 17.3 Å². The van der Waals surface area contributed by atoms with E-state index in [0.717, 1.165) is 11.1 Å². The molecule has 150 valence electrons. The van der Waals surface area contributed by atoms with E-state index in [-0.39, 0.29) is 11.7 Å². The highest BCUT2D eigenvalue weighted by Gasteiger charge is 2.33. The first-order valence-corrected chi connectivity index (χ1v) is 10.7. The summed E-state index contributed by atoms with van der Waals surface area (Å²) in [5.41, 5.74) is 1.95. The fraction of sp³-hybridized carbons (Fsp3) is 0.368. The number of hydrogen-bond acceptors (Lipinski definition) is 4. The van der Waals surface area contributed by atoms with Gasteiger partial charge >= 0.3 is 0 Å². The van der Waals surface area contributed by atoms with Gasteiger partial charge in [-0.2, -0.15) is 0 Å². The number of nitrogens with one attached hydrogen (secondary N) is 2. The van der Waals surface area contributed by atoms with Crippen molar-refractivity contribution in [3.05, 3.63) is 48.0 Å². The van der Waals surface area contributed by atoms with Crippen molar-refractivity contribution in [3.63, 3.8) is 0 Å². The van der Waals surface area contributed by atoms with Crippen molar-refractivity contribution < 1.29 is 22.4 Å². The van der Waals surface area contributed by atoms with Crippen molar-refractivity contribution in [1.82, 2.24) is 15.2 Å². The molecule has 0 atom stereocenters. The number of likely N-dealkylation sites (tertiary alicyclic amines) is 1. The maximum atomic E-state index is 13.1. The van der Waals surface area contributed by atoms with Gasteiger partial charge in [0.05, 0.1) is 5.25 Å². The molecule has 0 radical (unpaired) electrons. The van der Waals surface area contributed by atoms with Gasteiger partial charge in [0.15, 0.2) is 9.84 Å². The molecule has 0 spiro atoms. The molecule has 1 fully saturated rings. The van der Waals surface area contributed by atoms with Gasteiger partial charge in [-0.05, 0) is 42.2 Å². The first-order chi connectivity index (χ1) is 13.3. The van der Waals surface area contributed by atoms with Gasteiger partial charge < -0.3 is 15.2 Å². The van der Waals surface area contributed by atoms with Crippen molar-refractivity contribution in [3.8, 4) is 11.1 Å². The van der Waals surface area contributed by atoms with Crippen LogP contribution in [0.2, 0.25) is 0 Å². The molecule has 1 saturated heterocycles. The SMILES string of the molecule is CNC(=O)CS(=O)(=O)C1CCN(C(=O)c2cc(-c3ccc(F)cc3)c[nH]2)CC1. The van der Waals surface area contributed by atoms with Crippen molar-refractivity contribution in [2.45, 2.75) is 18.1 Å². The number of amides is 2. The zero-order valence-electron chi connectivity index (χ0n) is 15.4. The monoisotopic (exact) mass is 407 g/mol. The number of sulfone groups is 1. The van der Waals surface area contributed by atoms with Gasteiger partial charge in [-0.3, -0.25) is 9.59 Å². The lowest BCUT2D eigenvalue weighted by molar-refractivity contribution is -0.118. The molecule has 1 aliphatic heterocycles. The fourth-order valence-electron chi connectivity index (χ4n) is 3.29. The van der Waals surface area contributed by atoms with E-state index in [0.29, 0.717) is 31.6 Å². The number of aromatic nitrogens is 1. The van der Waals surface area contributed by atoms with Crippen LogP contribution >= 0.6 is 0 Å². The average molecular weight is 407 g/mol. The Kier molecular flexibility index (Phi) is 5.83. The number of aromatic amines is 1. The van der Waals surface area contributed by atoms with Crippen LogP contribution in [0.3, 0.4) is 0 Å². The molecule has 2 N–H and O–H groups in total. The minimum atomic E-state index is -3.53. The molecule has 1 aromatic heterocycles. The lowest BCUT2D eigenvalue weighted by atomic mass is 10.1. The minimum absolute atomic E-state index is 0.212. The predicted molar refractivity (Wildman–Crippen MR) is 103 cm³/mol. The second-order valence-electron chi connectivity index (χ2n) is 6.78. The normalized spacial score (nSPS) is 15.4. The number of rotatable bonds is 5. The lowest BCUT2D eigenvalue weighted by Gasteiger charge is -2.31. The van der Waals surface area contributed by atoms with Gasteiger partial charge in [0.2, 0.25) is 5.91 Å². The van der Waals surface area contributed by atoms with Gasteiger partial charge in [0, 0.05) is 26.3 Å². The van der Waals surface area contributed by atoms with Crippen LogP contribution in [0.4, 0.5) is 4.39 Å². The number of carbonyl (C=O) groups excluding carboxylic acids is 2. The number of halogens is 1. The molecule has 9 heteroatoms. The molecule has 0 saturated carbocycles. The number of nitrogens with zero attached hydrogens (tertiary/aromatic N) is 1. The third kappa shape index (κ3) is 4.41. The van der Waals surface area contributed by atoms with Crippen molar-refractivity contribution in [2.24, 2.45) is 0 Å². The van der Waals surface area contributed by atoms with Crippen molar-refractivity contribution >= 4 is 21.7 Å². The maximum absolute atomic E-state index is 13.1. The van der Waals surface area contributed by atoms with Crippen LogP contribution in [0.1, 0.15) is 23.3 Å². The van der Waals surface area contributed by atoms with E-state index in [1.807, 2.05) is 0 Å². The summed E-state index contributed by atoms with van der Waals surface area (Å²) in [5, 5.41) is 1.70. The Morgan fingerprint density at radius 1 is 1.18 bits per heavy atom. The Morgan fingerprint density at radius 2 is 1.82 bits per heavy atom. The Hall–Kier alpha value is -2.68. The lowest BCUT2D eigenvalue weighted by Crippen LogP contribution is -2.44. The van der Waals surface area contributed by atoms with E-state index in [9.17, 15) is 22.4 Å². The molecule has 0 unspecified atom stereocenters. The van der Waals surface area contributed by atoms with E-state index in [2.05, 4.69) is 10.3 Å². The molecular formula is C19H22FN3O4S. The Labute approximate surface area is 162 Å². The van der Waals surface area contributed by atoms with Crippen LogP contribution in [-0.4, -0.2) is 61.3 Å². The molecule has 2 aromatic rings. The molecule has 0 bridgehead atoms. The highest BCUT2D eigenvalue weighted by molar-refractivity contribution is 7.92. The second-order valence-corrected chi connectivity index (χ2v) is 9.06. The van der Waals surface area contributed by atoms with Crippen LogP contribution in [-0.2, 0) is 14.6 Å². The van der Waals surface area contributed by atoms with Crippen molar-refractivity contribution in [1.29, 1.82) is 0 Å². The summed E-state index contributed by atoms with van der Waals surface area (Å²) in [6.07, 6.45) is 2.29. The highest BCUT2D eigenvalue weighted by atomic mass is 32.2. The number of hydrogen-bond donors (Lipinski definition) is 2. The maximum Gasteiger partial charge on any atom is 0.270 e. The van der Waals surface area contributed by atoms with Crippen LogP contribution in [0.25, 0.3) is 11.1 Å². The second kappa shape index (κ2) is 8.14. The Bertz CT molecular complexity index is 961. The number of carbonyl (C=O) groups is 2. The molecule has 3 rings (SSSR count). The molecular weight excluding hydrogens is 385 g/mol. The zero-order valence-corrected chi connectivity index (χ0v) is 16.3. The minimum Gasteiger partial charge on any atom is -0.358 e. The van der Waals surface area contributed by atoms with Crippen LogP contribution in [0, 0.1) is 5.82 Å². The Balaban J connectivity index is 1.63. The molecule has 28 heavy (non-hydrogen) atoms. The van der Waals surface area contributed by atoms with Gasteiger partial charge in [-0.25, -0.2) is 12.8 Å². The fourth-order valence-corrected chi connectivity index (χ4v) is 4.96. The quantitative estimate of drug-likeness (QED) is 0.786. The summed E-state index contributed by atoms with van der Waals surface area (Å²) in [4.78, 5) is 28.6. The first kappa shape index (κ1) is 20.1. The third-order valence-corrected chi connectivity index (χ3v) is 7.09. The Morgan fingerprint density at radius 3 is 2.43 bits per heavy atom. The number of H-pyrrole nitrogens is 1. The van der Waals surface area contributed by atoms with Crippen LogP contribution in [0.5, 0.6) is 0 Å². The summed E-state index contributed by atoms with van der Waals surface area (Å²) in [6, 6.07) is 7.68. The standard InChI is InChI=1S/C19H22FN3O4S/c1-21-18(24)12-28(26,27)16-6-8-23(9-7-16)19(25)17-10-14(11-22-17)13-2-4-15(20)5-3-13/h2-5,10-11,16,22H,6-9,12H2,1H3,(H,21,24).